The third kappa shape index (κ3) is 6.52. The number of aliphatic imine (C=N–C) groups is 1. The number of nitrogens with one attached hydrogen (secondary N) is 1. The fraction of sp³-hybridized carbons (Fsp3) is 0.440. The number of carbonyl (C=O) groups excluding carboxylic acids is 1. The lowest BCUT2D eigenvalue weighted by Crippen LogP contribution is -2.52. The van der Waals surface area contributed by atoms with Gasteiger partial charge in [0.05, 0.1) is 7.11 Å². The van der Waals surface area contributed by atoms with Crippen LogP contribution in [0.1, 0.15) is 24.0 Å². The Hall–Kier alpha value is -2.49. The molecule has 1 amide bonds. The van der Waals surface area contributed by atoms with E-state index >= 15 is 0 Å². The molecule has 8 heteroatoms. The zero-order valence-corrected chi connectivity index (χ0v) is 21.8. The summed E-state index contributed by atoms with van der Waals surface area (Å²) in [5.74, 6) is 2.08. The summed E-state index contributed by atoms with van der Waals surface area (Å²) < 4.78 is 5.26. The molecule has 0 atom stereocenters. The second-order valence-electron chi connectivity index (χ2n) is 8.31. The minimum Gasteiger partial charge on any atom is -0.497 e. The van der Waals surface area contributed by atoms with Crippen molar-refractivity contribution in [2.45, 2.75) is 25.9 Å². The van der Waals surface area contributed by atoms with E-state index in [9.17, 15) is 4.79 Å². The predicted molar refractivity (Wildman–Crippen MR) is 143 cm³/mol. The highest BCUT2D eigenvalue weighted by Gasteiger charge is 2.21. The van der Waals surface area contributed by atoms with Gasteiger partial charge in [-0.1, -0.05) is 24.3 Å². The molecule has 0 aromatic heterocycles. The number of methoxy groups -OCH3 is 1. The summed E-state index contributed by atoms with van der Waals surface area (Å²) in [5, 5.41) is 3.52. The Labute approximate surface area is 213 Å². The van der Waals surface area contributed by atoms with Crippen LogP contribution >= 0.6 is 24.0 Å². The first-order chi connectivity index (χ1) is 15.7. The van der Waals surface area contributed by atoms with Crippen molar-refractivity contribution < 1.29 is 9.53 Å². The molecule has 0 unspecified atom stereocenters. The molecule has 178 valence electrons. The Balaban J connectivity index is 0.00000306. The van der Waals surface area contributed by atoms with Crippen LogP contribution in [0.3, 0.4) is 0 Å². The molecule has 0 aliphatic carbocycles. The van der Waals surface area contributed by atoms with Gasteiger partial charge in [-0.05, 0) is 41.8 Å². The molecule has 0 radical (unpaired) electrons. The monoisotopic (exact) mass is 563 g/mol. The molecule has 0 spiro atoms. The highest BCUT2D eigenvalue weighted by Crippen LogP contribution is 2.20. The van der Waals surface area contributed by atoms with Crippen LogP contribution in [0.15, 0.2) is 53.5 Å². The highest BCUT2D eigenvalue weighted by molar-refractivity contribution is 14.0. The van der Waals surface area contributed by atoms with Crippen LogP contribution in [-0.2, 0) is 17.9 Å². The number of guanidine groups is 1. The standard InChI is InChI=1S/C25H33N5O2.HI/c1-26-25(29-15-13-28(14-16-29)22-8-10-23(32-2)11-9-22)27-18-20-5-3-6-21(17-20)19-30-12-4-7-24(30)31;/h3,5-6,8-11,17H,4,7,12-16,18-19H2,1-2H3,(H,26,27);1H. The lowest BCUT2D eigenvalue weighted by molar-refractivity contribution is -0.128. The molecule has 2 aromatic carbocycles. The summed E-state index contributed by atoms with van der Waals surface area (Å²) in [4.78, 5) is 23.1. The van der Waals surface area contributed by atoms with Gasteiger partial charge in [0, 0.05) is 65.0 Å². The van der Waals surface area contributed by atoms with Gasteiger partial charge in [-0.2, -0.15) is 0 Å². The second-order valence-corrected chi connectivity index (χ2v) is 8.31. The molecule has 7 nitrogen and oxygen atoms in total. The van der Waals surface area contributed by atoms with Crippen LogP contribution in [0.4, 0.5) is 5.69 Å². The molecule has 2 saturated heterocycles. The summed E-state index contributed by atoms with van der Waals surface area (Å²) in [5.41, 5.74) is 3.61. The number of piperazine rings is 1. The van der Waals surface area contributed by atoms with Crippen molar-refractivity contribution in [2.75, 3.05) is 51.8 Å². The number of hydrogen-bond donors (Lipinski definition) is 1. The Kier molecular flexibility index (Phi) is 9.22. The normalized spacial score (nSPS) is 16.6. The minimum absolute atomic E-state index is 0. The largest absolute Gasteiger partial charge is 0.497 e. The summed E-state index contributed by atoms with van der Waals surface area (Å²) >= 11 is 0. The number of rotatable bonds is 6. The van der Waals surface area contributed by atoms with Crippen LogP contribution in [0.2, 0.25) is 0 Å². The van der Waals surface area contributed by atoms with Gasteiger partial charge in [0.1, 0.15) is 5.75 Å². The van der Waals surface area contributed by atoms with Crippen molar-refractivity contribution in [1.29, 1.82) is 0 Å². The van der Waals surface area contributed by atoms with E-state index in [2.05, 4.69) is 56.5 Å². The maximum atomic E-state index is 11.9. The van der Waals surface area contributed by atoms with E-state index in [1.807, 2.05) is 24.1 Å². The predicted octanol–water partition coefficient (Wildman–Crippen LogP) is 3.33. The molecule has 0 bridgehead atoms. The van der Waals surface area contributed by atoms with Gasteiger partial charge in [-0.15, -0.1) is 24.0 Å². The average molecular weight is 563 g/mol. The molecule has 2 aromatic rings. The summed E-state index contributed by atoms with van der Waals surface area (Å²) in [6, 6.07) is 16.7. The first kappa shape index (κ1) is 25.1. The van der Waals surface area contributed by atoms with Crippen LogP contribution in [0.5, 0.6) is 5.75 Å². The van der Waals surface area contributed by atoms with E-state index in [0.29, 0.717) is 19.5 Å². The van der Waals surface area contributed by atoms with Crippen molar-refractivity contribution >= 4 is 41.5 Å². The molecule has 2 aliphatic rings. The first-order valence-electron chi connectivity index (χ1n) is 11.4. The number of hydrogen-bond acceptors (Lipinski definition) is 4. The number of amides is 1. The fourth-order valence-electron chi connectivity index (χ4n) is 4.41. The molecule has 4 rings (SSSR count). The van der Waals surface area contributed by atoms with Gasteiger partial charge in [-0.25, -0.2) is 0 Å². The van der Waals surface area contributed by atoms with Crippen LogP contribution < -0.4 is 15.0 Å². The number of benzene rings is 2. The van der Waals surface area contributed by atoms with Crippen molar-refractivity contribution in [3.05, 3.63) is 59.7 Å². The molecular weight excluding hydrogens is 529 g/mol. The van der Waals surface area contributed by atoms with Crippen molar-refractivity contribution in [3.8, 4) is 5.75 Å². The summed E-state index contributed by atoms with van der Waals surface area (Å²) in [7, 11) is 3.53. The van der Waals surface area contributed by atoms with Gasteiger partial charge >= 0.3 is 0 Å². The van der Waals surface area contributed by atoms with Crippen molar-refractivity contribution in [3.63, 3.8) is 0 Å². The van der Waals surface area contributed by atoms with Gasteiger partial charge < -0.3 is 24.8 Å². The van der Waals surface area contributed by atoms with Gasteiger partial charge in [0.25, 0.3) is 0 Å². The fourth-order valence-corrected chi connectivity index (χ4v) is 4.41. The molecule has 33 heavy (non-hydrogen) atoms. The van der Waals surface area contributed by atoms with E-state index in [-0.39, 0.29) is 29.9 Å². The maximum Gasteiger partial charge on any atom is 0.222 e. The van der Waals surface area contributed by atoms with E-state index in [4.69, 9.17) is 4.74 Å². The first-order valence-corrected chi connectivity index (χ1v) is 11.4. The van der Waals surface area contributed by atoms with E-state index in [1.54, 1.807) is 7.11 Å². The molecule has 2 fully saturated rings. The lowest BCUT2D eigenvalue weighted by atomic mass is 10.1. The number of ether oxygens (including phenoxy) is 1. The Morgan fingerprint density at radius 2 is 1.76 bits per heavy atom. The quantitative estimate of drug-likeness (QED) is 0.332. The third-order valence-electron chi connectivity index (χ3n) is 6.22. The van der Waals surface area contributed by atoms with E-state index < -0.39 is 0 Å². The molecule has 0 saturated carbocycles. The zero-order chi connectivity index (χ0) is 22.3. The van der Waals surface area contributed by atoms with Gasteiger partial charge in [0.2, 0.25) is 5.91 Å². The smallest absolute Gasteiger partial charge is 0.222 e. The van der Waals surface area contributed by atoms with Crippen LogP contribution in [0.25, 0.3) is 0 Å². The highest BCUT2D eigenvalue weighted by atomic mass is 127. The Bertz CT molecular complexity index is 942. The topological polar surface area (TPSA) is 60.4 Å². The number of nitrogens with zero attached hydrogens (tertiary/aromatic N) is 4. The summed E-state index contributed by atoms with van der Waals surface area (Å²) in [6.45, 7) is 6.03. The summed E-state index contributed by atoms with van der Waals surface area (Å²) in [6.07, 6.45) is 1.66. The molecule has 2 aliphatic heterocycles. The second kappa shape index (κ2) is 12.1. The molecule has 1 N–H and O–H groups in total. The minimum atomic E-state index is 0. The van der Waals surface area contributed by atoms with Crippen LogP contribution in [-0.4, -0.2) is 68.5 Å². The van der Waals surface area contributed by atoms with Gasteiger partial charge in [0.15, 0.2) is 5.96 Å². The third-order valence-corrected chi connectivity index (χ3v) is 6.22. The Morgan fingerprint density at radius 3 is 2.39 bits per heavy atom. The van der Waals surface area contributed by atoms with Gasteiger partial charge in [-0.3, -0.25) is 9.79 Å². The number of anilines is 1. The lowest BCUT2D eigenvalue weighted by Gasteiger charge is -2.37. The maximum absolute atomic E-state index is 11.9. The average Bonchev–Trinajstić information content (AvgIpc) is 3.24. The SMILES string of the molecule is CN=C(NCc1cccc(CN2CCCC2=O)c1)N1CCN(c2ccc(OC)cc2)CC1.I. The van der Waals surface area contributed by atoms with E-state index in [1.165, 1.54) is 16.8 Å². The number of halogens is 1. The number of likely N-dealkylation sites (tertiary alicyclic amines) is 1. The zero-order valence-electron chi connectivity index (χ0n) is 19.5. The van der Waals surface area contributed by atoms with E-state index in [0.717, 1.165) is 50.9 Å². The van der Waals surface area contributed by atoms with Crippen molar-refractivity contribution in [2.24, 2.45) is 4.99 Å². The van der Waals surface area contributed by atoms with Crippen molar-refractivity contribution in [1.82, 2.24) is 15.1 Å². The number of carbonyl (C=O) groups is 1. The molecular formula is C25H34IN5O2. The Morgan fingerprint density at radius 1 is 1.03 bits per heavy atom. The molecule has 2 heterocycles. The van der Waals surface area contributed by atoms with Crippen LogP contribution in [0, 0.1) is 0 Å².